The number of ether oxygens (including phenoxy) is 1. The zero-order valence-corrected chi connectivity index (χ0v) is 6.49. The predicted octanol–water partition coefficient (Wildman–Crippen LogP) is 2.98. The van der Waals surface area contributed by atoms with Crippen molar-refractivity contribution >= 4 is 0 Å². The maximum absolute atomic E-state index is 12.3. The van der Waals surface area contributed by atoms with Crippen LogP contribution in [0.25, 0.3) is 0 Å². The van der Waals surface area contributed by atoms with Crippen LogP contribution in [0, 0.1) is 0 Å². The van der Waals surface area contributed by atoms with Gasteiger partial charge in [-0.05, 0) is 0 Å². The standard InChI is InChI=1S/C6H5F7O/c1-2-14-3(4(7)8)5(9,10)6(11,12)13/h2-4H,1H2. The van der Waals surface area contributed by atoms with Crippen LogP contribution in [0.2, 0.25) is 0 Å². The summed E-state index contributed by atoms with van der Waals surface area (Å²) >= 11 is 0. The zero-order valence-electron chi connectivity index (χ0n) is 6.49. The number of rotatable bonds is 4. The molecule has 0 spiro atoms. The van der Waals surface area contributed by atoms with E-state index in [-0.39, 0.29) is 6.26 Å². The van der Waals surface area contributed by atoms with Gasteiger partial charge in [-0.3, -0.25) is 0 Å². The minimum Gasteiger partial charge on any atom is -0.486 e. The molecule has 0 aliphatic rings. The van der Waals surface area contributed by atoms with Crippen LogP contribution < -0.4 is 0 Å². The van der Waals surface area contributed by atoms with E-state index in [1.807, 2.05) is 0 Å². The largest absolute Gasteiger partial charge is 0.486 e. The first-order chi connectivity index (χ1) is 6.14. The van der Waals surface area contributed by atoms with E-state index in [4.69, 9.17) is 0 Å². The normalized spacial score (nSPS) is 15.4. The average molecular weight is 226 g/mol. The quantitative estimate of drug-likeness (QED) is 0.529. The Morgan fingerprint density at radius 1 is 1.07 bits per heavy atom. The second-order valence-electron chi connectivity index (χ2n) is 2.18. The maximum Gasteiger partial charge on any atom is 0.457 e. The highest BCUT2D eigenvalue weighted by atomic mass is 19.4. The van der Waals surface area contributed by atoms with Crippen molar-refractivity contribution in [1.82, 2.24) is 0 Å². The van der Waals surface area contributed by atoms with Gasteiger partial charge in [0.25, 0.3) is 6.43 Å². The van der Waals surface area contributed by atoms with E-state index in [0.29, 0.717) is 0 Å². The topological polar surface area (TPSA) is 9.23 Å². The van der Waals surface area contributed by atoms with Crippen LogP contribution in [0.1, 0.15) is 0 Å². The van der Waals surface area contributed by atoms with Crippen LogP contribution >= 0.6 is 0 Å². The third-order valence-electron chi connectivity index (χ3n) is 1.21. The molecule has 0 aliphatic carbocycles. The summed E-state index contributed by atoms with van der Waals surface area (Å²) in [5.74, 6) is -5.62. The number of alkyl halides is 7. The molecule has 1 nitrogen and oxygen atoms in total. The minimum absolute atomic E-state index is 0.108. The van der Waals surface area contributed by atoms with Gasteiger partial charge in [-0.1, -0.05) is 6.58 Å². The Morgan fingerprint density at radius 3 is 1.71 bits per heavy atom. The van der Waals surface area contributed by atoms with Crippen LogP contribution in [-0.4, -0.2) is 24.6 Å². The van der Waals surface area contributed by atoms with Crippen LogP contribution in [0.15, 0.2) is 12.8 Å². The van der Waals surface area contributed by atoms with Gasteiger partial charge >= 0.3 is 12.1 Å². The molecule has 14 heavy (non-hydrogen) atoms. The summed E-state index contributed by atoms with van der Waals surface area (Å²) in [5.41, 5.74) is 0. The molecule has 84 valence electrons. The van der Waals surface area contributed by atoms with E-state index in [1.165, 1.54) is 0 Å². The lowest BCUT2D eigenvalue weighted by atomic mass is 10.2. The van der Waals surface area contributed by atoms with E-state index in [9.17, 15) is 30.7 Å². The molecular formula is C6H5F7O. The van der Waals surface area contributed by atoms with E-state index >= 15 is 0 Å². The Bertz CT molecular complexity index is 197. The lowest BCUT2D eigenvalue weighted by molar-refractivity contribution is -0.326. The van der Waals surface area contributed by atoms with Crippen LogP contribution in [-0.2, 0) is 4.74 Å². The van der Waals surface area contributed by atoms with Gasteiger partial charge in [-0.2, -0.15) is 22.0 Å². The highest BCUT2D eigenvalue weighted by molar-refractivity contribution is 4.88. The van der Waals surface area contributed by atoms with E-state index in [0.717, 1.165) is 0 Å². The van der Waals surface area contributed by atoms with Crippen LogP contribution in [0.4, 0.5) is 30.7 Å². The van der Waals surface area contributed by atoms with Crippen molar-refractivity contribution in [2.75, 3.05) is 0 Å². The van der Waals surface area contributed by atoms with E-state index < -0.39 is 24.6 Å². The molecule has 0 bridgehead atoms. The fourth-order valence-corrected chi connectivity index (χ4v) is 0.568. The third kappa shape index (κ3) is 2.52. The first-order valence-corrected chi connectivity index (χ1v) is 3.13. The summed E-state index contributed by atoms with van der Waals surface area (Å²) < 4.78 is 86.2. The van der Waals surface area contributed by atoms with E-state index in [2.05, 4.69) is 11.3 Å². The first-order valence-electron chi connectivity index (χ1n) is 3.13. The molecule has 0 aromatic carbocycles. The molecule has 0 fully saturated rings. The van der Waals surface area contributed by atoms with Crippen molar-refractivity contribution in [2.24, 2.45) is 0 Å². The van der Waals surface area contributed by atoms with Gasteiger partial charge in [0.1, 0.15) is 0 Å². The van der Waals surface area contributed by atoms with Crippen molar-refractivity contribution in [1.29, 1.82) is 0 Å². The summed E-state index contributed by atoms with van der Waals surface area (Å²) in [6, 6.07) is 0. The molecule has 0 saturated heterocycles. The summed E-state index contributed by atoms with van der Waals surface area (Å²) in [5, 5.41) is 0. The van der Waals surface area contributed by atoms with Gasteiger partial charge in [0.15, 0.2) is 0 Å². The molecule has 0 radical (unpaired) electrons. The highest BCUT2D eigenvalue weighted by Crippen LogP contribution is 2.41. The smallest absolute Gasteiger partial charge is 0.457 e. The Balaban J connectivity index is 4.89. The molecule has 0 saturated carbocycles. The molecule has 0 amide bonds. The number of hydrogen-bond acceptors (Lipinski definition) is 1. The van der Waals surface area contributed by atoms with Gasteiger partial charge in [0.05, 0.1) is 6.26 Å². The van der Waals surface area contributed by atoms with Gasteiger partial charge in [-0.15, -0.1) is 0 Å². The van der Waals surface area contributed by atoms with Crippen molar-refractivity contribution in [3.63, 3.8) is 0 Å². The molecule has 0 aromatic heterocycles. The second-order valence-corrected chi connectivity index (χ2v) is 2.18. The third-order valence-corrected chi connectivity index (χ3v) is 1.21. The molecule has 1 unspecified atom stereocenters. The summed E-state index contributed by atoms with van der Waals surface area (Å²) in [4.78, 5) is 0. The summed E-state index contributed by atoms with van der Waals surface area (Å²) in [7, 11) is 0. The predicted molar refractivity (Wildman–Crippen MR) is 32.1 cm³/mol. The molecule has 0 aliphatic heterocycles. The average Bonchev–Trinajstić information content (AvgIpc) is 1.96. The second kappa shape index (κ2) is 4.05. The molecule has 0 N–H and O–H groups in total. The van der Waals surface area contributed by atoms with Gasteiger partial charge in [0, 0.05) is 0 Å². The molecule has 1 atom stereocenters. The molecule has 0 rings (SSSR count). The maximum atomic E-state index is 12.3. The molecule has 0 heterocycles. The SMILES string of the molecule is C=COC(C(F)F)C(F)(F)C(F)(F)F. The lowest BCUT2D eigenvalue weighted by Gasteiger charge is -2.26. The van der Waals surface area contributed by atoms with Crippen LogP contribution in [0.5, 0.6) is 0 Å². The fourth-order valence-electron chi connectivity index (χ4n) is 0.568. The number of hydrogen-bond donors (Lipinski definition) is 0. The van der Waals surface area contributed by atoms with Crippen molar-refractivity contribution in [2.45, 2.75) is 24.6 Å². The summed E-state index contributed by atoms with van der Waals surface area (Å²) in [6.07, 6.45) is -13.5. The monoisotopic (exact) mass is 226 g/mol. The highest BCUT2D eigenvalue weighted by Gasteiger charge is 2.66. The molecule has 0 aromatic rings. The Kier molecular flexibility index (Phi) is 3.78. The van der Waals surface area contributed by atoms with Gasteiger partial charge in [-0.25, -0.2) is 8.78 Å². The Hall–Kier alpha value is -0.950. The molecule has 8 heteroatoms. The fraction of sp³-hybridized carbons (Fsp3) is 0.667. The lowest BCUT2D eigenvalue weighted by Crippen LogP contribution is -2.51. The van der Waals surface area contributed by atoms with Crippen LogP contribution in [0.3, 0.4) is 0 Å². The first kappa shape index (κ1) is 13.0. The summed E-state index contributed by atoms with van der Waals surface area (Å²) in [6.45, 7) is 2.62. The van der Waals surface area contributed by atoms with Gasteiger partial charge in [0.2, 0.25) is 6.10 Å². The Morgan fingerprint density at radius 2 is 1.50 bits per heavy atom. The molecular weight excluding hydrogens is 221 g/mol. The van der Waals surface area contributed by atoms with Crippen molar-refractivity contribution in [3.05, 3.63) is 12.8 Å². The number of halogens is 7. The Labute approximate surface area is 74.1 Å². The van der Waals surface area contributed by atoms with Gasteiger partial charge < -0.3 is 4.74 Å². The van der Waals surface area contributed by atoms with Crippen molar-refractivity contribution < 1.29 is 35.5 Å². The van der Waals surface area contributed by atoms with Crippen molar-refractivity contribution in [3.8, 4) is 0 Å². The minimum atomic E-state index is -6.09. The zero-order chi connectivity index (χ0) is 11.6. The van der Waals surface area contributed by atoms with E-state index in [1.54, 1.807) is 0 Å².